The monoisotopic (exact) mass is 361 g/mol. The van der Waals surface area contributed by atoms with Crippen molar-refractivity contribution in [1.82, 2.24) is 4.72 Å². The molecule has 0 radical (unpaired) electrons. The van der Waals surface area contributed by atoms with Crippen LogP contribution in [0.25, 0.3) is 11.1 Å². The Bertz CT molecular complexity index is 818. The molecule has 2 aromatic rings. The van der Waals surface area contributed by atoms with Crippen molar-refractivity contribution >= 4 is 10.0 Å². The van der Waals surface area contributed by atoms with E-state index in [2.05, 4.69) is 4.72 Å². The average Bonchev–Trinajstić information content (AvgIpc) is 2.97. The van der Waals surface area contributed by atoms with Gasteiger partial charge in [0.25, 0.3) is 0 Å². The molecule has 2 N–H and O–H groups in total. The highest BCUT2D eigenvalue weighted by Gasteiger charge is 2.46. The van der Waals surface area contributed by atoms with Crippen LogP contribution in [0.2, 0.25) is 0 Å². The van der Waals surface area contributed by atoms with E-state index in [1.807, 2.05) is 54.6 Å². The molecule has 0 spiro atoms. The molecule has 1 saturated heterocycles. The zero-order valence-corrected chi connectivity index (χ0v) is 15.2. The summed E-state index contributed by atoms with van der Waals surface area (Å²) in [7, 11) is -3.50. The Hall–Kier alpha value is -1.73. The van der Waals surface area contributed by atoms with Crippen LogP contribution in [0.4, 0.5) is 0 Å². The summed E-state index contributed by atoms with van der Waals surface area (Å²) in [6, 6.07) is 16.7. The summed E-state index contributed by atoms with van der Waals surface area (Å²) in [5.41, 5.74) is 1.38. The molecule has 0 unspecified atom stereocenters. The highest BCUT2D eigenvalue weighted by Crippen LogP contribution is 2.33. The van der Waals surface area contributed by atoms with Gasteiger partial charge in [-0.15, -0.1) is 0 Å². The third kappa shape index (κ3) is 3.62. The van der Waals surface area contributed by atoms with Crippen molar-refractivity contribution in [2.75, 3.05) is 13.2 Å². The van der Waals surface area contributed by atoms with Crippen molar-refractivity contribution in [3.63, 3.8) is 0 Å². The number of nitrogens with one attached hydrogen (secondary N) is 1. The zero-order valence-electron chi connectivity index (χ0n) is 14.3. The summed E-state index contributed by atoms with van der Waals surface area (Å²) in [4.78, 5) is 0. The molecule has 134 valence electrons. The third-order valence-corrected chi connectivity index (χ3v) is 6.46. The molecule has 0 amide bonds. The quantitative estimate of drug-likeness (QED) is 0.857. The number of aliphatic hydroxyl groups is 1. The molecule has 3 rings (SSSR count). The molecule has 2 atom stereocenters. The zero-order chi connectivity index (χ0) is 18.1. The molecule has 1 fully saturated rings. The van der Waals surface area contributed by atoms with Crippen LogP contribution in [0.15, 0.2) is 54.6 Å². The summed E-state index contributed by atoms with van der Waals surface area (Å²) in [5.74, 6) is 0. The molecule has 0 aliphatic carbocycles. The van der Waals surface area contributed by atoms with E-state index >= 15 is 0 Å². The second-order valence-corrected chi connectivity index (χ2v) is 8.92. The van der Waals surface area contributed by atoms with Gasteiger partial charge in [-0.25, -0.2) is 13.1 Å². The Balaban J connectivity index is 1.86. The molecule has 0 saturated carbocycles. The maximum Gasteiger partial charge on any atom is 0.214 e. The van der Waals surface area contributed by atoms with Crippen LogP contribution in [0, 0.1) is 0 Å². The lowest BCUT2D eigenvalue weighted by atomic mass is 9.88. The largest absolute Gasteiger partial charge is 0.381 e. The molecule has 5 nitrogen and oxygen atoms in total. The maximum atomic E-state index is 12.2. The van der Waals surface area contributed by atoms with Gasteiger partial charge in [0.15, 0.2) is 0 Å². The lowest BCUT2D eigenvalue weighted by Crippen LogP contribution is -2.51. The van der Waals surface area contributed by atoms with Crippen molar-refractivity contribution in [1.29, 1.82) is 0 Å². The van der Waals surface area contributed by atoms with E-state index < -0.39 is 26.9 Å². The fraction of sp³-hybridized carbons (Fsp3) is 0.368. The molecular formula is C19H23NO4S. The maximum absolute atomic E-state index is 12.2. The van der Waals surface area contributed by atoms with E-state index in [9.17, 15) is 13.5 Å². The number of hydrogen-bond donors (Lipinski definition) is 2. The minimum absolute atomic E-state index is 0.0585. The van der Waals surface area contributed by atoms with Crippen LogP contribution in [-0.4, -0.2) is 38.0 Å². The van der Waals surface area contributed by atoms with E-state index in [1.54, 1.807) is 13.8 Å². The number of rotatable bonds is 5. The summed E-state index contributed by atoms with van der Waals surface area (Å²) in [6.07, 6.45) is 0. The predicted octanol–water partition coefficient (Wildman–Crippen LogP) is 2.27. The van der Waals surface area contributed by atoms with Crippen molar-refractivity contribution in [3.8, 4) is 11.1 Å². The second kappa shape index (κ2) is 6.88. The van der Waals surface area contributed by atoms with Gasteiger partial charge in [-0.2, -0.15) is 0 Å². The van der Waals surface area contributed by atoms with Crippen LogP contribution < -0.4 is 4.72 Å². The van der Waals surface area contributed by atoms with E-state index in [0.29, 0.717) is 5.56 Å². The van der Waals surface area contributed by atoms with Gasteiger partial charge in [0.1, 0.15) is 5.60 Å². The Morgan fingerprint density at radius 2 is 1.68 bits per heavy atom. The van der Waals surface area contributed by atoms with Crippen LogP contribution >= 0.6 is 0 Å². The van der Waals surface area contributed by atoms with Crippen LogP contribution in [-0.2, 0) is 20.4 Å². The fourth-order valence-corrected chi connectivity index (χ4v) is 3.83. The van der Waals surface area contributed by atoms with Crippen LogP contribution in [0.1, 0.15) is 19.4 Å². The molecule has 6 heteroatoms. The number of ether oxygens (including phenoxy) is 1. The van der Waals surface area contributed by atoms with Gasteiger partial charge in [-0.1, -0.05) is 54.6 Å². The van der Waals surface area contributed by atoms with Gasteiger partial charge < -0.3 is 9.84 Å². The molecule has 2 aromatic carbocycles. The highest BCUT2D eigenvalue weighted by molar-refractivity contribution is 7.90. The van der Waals surface area contributed by atoms with Gasteiger partial charge >= 0.3 is 0 Å². The van der Waals surface area contributed by atoms with E-state index in [1.165, 1.54) is 0 Å². The first-order valence-electron chi connectivity index (χ1n) is 8.30. The van der Waals surface area contributed by atoms with Crippen molar-refractivity contribution < 1.29 is 18.3 Å². The minimum Gasteiger partial charge on any atom is -0.381 e. The fourth-order valence-electron chi connectivity index (χ4n) is 2.90. The third-order valence-electron chi connectivity index (χ3n) is 4.60. The van der Waals surface area contributed by atoms with Gasteiger partial charge in [-0.3, -0.25) is 0 Å². The predicted molar refractivity (Wildman–Crippen MR) is 97.6 cm³/mol. The number of hydrogen-bond acceptors (Lipinski definition) is 4. The Morgan fingerprint density at radius 3 is 2.28 bits per heavy atom. The summed E-state index contributed by atoms with van der Waals surface area (Å²) < 4.78 is 32.3. The number of benzene rings is 2. The lowest BCUT2D eigenvalue weighted by Gasteiger charge is -2.29. The molecule has 25 heavy (non-hydrogen) atoms. The summed E-state index contributed by atoms with van der Waals surface area (Å²) in [5, 5.41) is 10.5. The van der Waals surface area contributed by atoms with E-state index in [0.717, 1.165) is 11.1 Å². The first-order chi connectivity index (χ1) is 11.8. The first-order valence-corrected chi connectivity index (χ1v) is 9.85. The minimum atomic E-state index is -3.50. The van der Waals surface area contributed by atoms with Gasteiger partial charge in [0.05, 0.1) is 24.5 Å². The van der Waals surface area contributed by atoms with Crippen molar-refractivity contribution in [2.45, 2.75) is 30.7 Å². The second-order valence-electron chi connectivity index (χ2n) is 6.65. The smallest absolute Gasteiger partial charge is 0.214 e. The highest BCUT2D eigenvalue weighted by atomic mass is 32.2. The number of sulfonamides is 1. The van der Waals surface area contributed by atoms with E-state index in [-0.39, 0.29) is 13.2 Å². The molecular weight excluding hydrogens is 338 g/mol. The van der Waals surface area contributed by atoms with Gasteiger partial charge in [-0.05, 0) is 30.5 Å². The standard InChI is InChI=1S/C19H23NO4S/c1-14(2)25(22,23)20-18-12-24-13-19(18,21)17-10-8-16(9-11-17)15-6-4-3-5-7-15/h3-11,14,18,20-21H,12-13H2,1-2H3/t18-,19+/m0/s1. The van der Waals surface area contributed by atoms with Gasteiger partial charge in [0.2, 0.25) is 10.0 Å². The van der Waals surface area contributed by atoms with Gasteiger partial charge in [0, 0.05) is 0 Å². The van der Waals surface area contributed by atoms with Crippen molar-refractivity contribution in [2.24, 2.45) is 0 Å². The first kappa shape index (κ1) is 18.1. The van der Waals surface area contributed by atoms with E-state index in [4.69, 9.17) is 4.74 Å². The molecule has 1 aliphatic rings. The normalized spacial score (nSPS) is 23.9. The Labute approximate surface area is 148 Å². The molecule has 1 heterocycles. The molecule has 0 bridgehead atoms. The average molecular weight is 361 g/mol. The molecule has 0 aromatic heterocycles. The van der Waals surface area contributed by atoms with Crippen LogP contribution in [0.3, 0.4) is 0 Å². The van der Waals surface area contributed by atoms with Crippen molar-refractivity contribution in [3.05, 3.63) is 60.2 Å². The summed E-state index contributed by atoms with van der Waals surface area (Å²) >= 11 is 0. The summed E-state index contributed by atoms with van der Waals surface area (Å²) in [6.45, 7) is 3.41. The molecule has 1 aliphatic heterocycles. The SMILES string of the molecule is CC(C)S(=O)(=O)N[C@H]1COC[C@@]1(O)c1ccc(-c2ccccc2)cc1. The topological polar surface area (TPSA) is 75.6 Å². The van der Waals surface area contributed by atoms with Crippen LogP contribution in [0.5, 0.6) is 0 Å². The lowest BCUT2D eigenvalue weighted by molar-refractivity contribution is 0.0121. The Kier molecular flexibility index (Phi) is 4.97. The Morgan fingerprint density at radius 1 is 1.08 bits per heavy atom.